The summed E-state index contributed by atoms with van der Waals surface area (Å²) in [5.74, 6) is 0.479. The third kappa shape index (κ3) is 4.11. The van der Waals surface area contributed by atoms with Crippen molar-refractivity contribution in [1.82, 2.24) is 14.7 Å². The van der Waals surface area contributed by atoms with E-state index in [1.54, 1.807) is 4.90 Å². The van der Waals surface area contributed by atoms with Crippen molar-refractivity contribution in [1.29, 1.82) is 0 Å². The van der Waals surface area contributed by atoms with Gasteiger partial charge in [0.15, 0.2) is 0 Å². The topological polar surface area (TPSA) is 42.6 Å². The summed E-state index contributed by atoms with van der Waals surface area (Å²) in [6, 6.07) is 7.66. The zero-order valence-corrected chi connectivity index (χ0v) is 18.4. The van der Waals surface area contributed by atoms with Crippen molar-refractivity contribution in [2.24, 2.45) is 0 Å². The predicted molar refractivity (Wildman–Crippen MR) is 114 cm³/mol. The van der Waals surface area contributed by atoms with E-state index in [9.17, 15) is 4.79 Å². The Morgan fingerprint density at radius 3 is 2.21 bits per heavy atom. The molecule has 1 saturated heterocycles. The van der Waals surface area contributed by atoms with Crippen molar-refractivity contribution >= 4 is 17.5 Å². The van der Waals surface area contributed by atoms with Crippen LogP contribution in [0.25, 0.3) is 5.69 Å². The third-order valence-corrected chi connectivity index (χ3v) is 5.84. The second-order valence-corrected chi connectivity index (χ2v) is 8.68. The Kier molecular flexibility index (Phi) is 6.46. The number of rotatable bonds is 5. The lowest BCUT2D eigenvalue weighted by Crippen LogP contribution is -3.14. The number of amides is 1. The van der Waals surface area contributed by atoms with E-state index >= 15 is 0 Å². The maximum Gasteiger partial charge on any atom is 0.258 e. The molecule has 28 heavy (non-hydrogen) atoms. The van der Waals surface area contributed by atoms with Crippen LogP contribution >= 0.6 is 11.6 Å². The van der Waals surface area contributed by atoms with Crippen LogP contribution in [-0.4, -0.2) is 53.3 Å². The third-order valence-electron chi connectivity index (χ3n) is 5.58. The fourth-order valence-corrected chi connectivity index (χ4v) is 4.05. The first kappa shape index (κ1) is 20.9. The summed E-state index contributed by atoms with van der Waals surface area (Å²) < 4.78 is 1.94. The molecular formula is C22H32ClN4O+. The highest BCUT2D eigenvalue weighted by atomic mass is 35.5. The summed E-state index contributed by atoms with van der Waals surface area (Å²) in [5, 5.41) is 5.59. The number of benzene rings is 1. The molecule has 0 aliphatic carbocycles. The maximum atomic E-state index is 13.6. The number of nitrogens with zero attached hydrogens (tertiary/aromatic N) is 3. The van der Waals surface area contributed by atoms with Gasteiger partial charge in [0.2, 0.25) is 0 Å². The van der Waals surface area contributed by atoms with Gasteiger partial charge in [-0.05, 0) is 43.0 Å². The summed E-state index contributed by atoms with van der Waals surface area (Å²) in [7, 11) is 0. The predicted octanol–water partition coefficient (Wildman–Crippen LogP) is 3.13. The summed E-state index contributed by atoms with van der Waals surface area (Å²) in [6.45, 7) is 15.4. The van der Waals surface area contributed by atoms with Crippen molar-refractivity contribution in [3.63, 3.8) is 0 Å². The Bertz CT molecular complexity index is 818. The monoisotopic (exact) mass is 403 g/mol. The number of hydrogen-bond donors (Lipinski definition) is 1. The lowest BCUT2D eigenvalue weighted by molar-refractivity contribution is -0.902. The molecule has 0 saturated carbocycles. The van der Waals surface area contributed by atoms with Crippen molar-refractivity contribution in [2.75, 3.05) is 32.7 Å². The fourth-order valence-electron chi connectivity index (χ4n) is 3.92. The molecule has 3 rings (SSSR count). The van der Waals surface area contributed by atoms with E-state index in [4.69, 9.17) is 16.7 Å². The number of carbonyl (C=O) groups is 1. The fraction of sp³-hybridized carbons (Fsp3) is 0.545. The van der Waals surface area contributed by atoms with Crippen molar-refractivity contribution in [3.8, 4) is 5.69 Å². The van der Waals surface area contributed by atoms with Gasteiger partial charge in [0, 0.05) is 5.02 Å². The molecule has 1 aromatic carbocycles. The van der Waals surface area contributed by atoms with Crippen LogP contribution in [-0.2, 0) is 0 Å². The van der Waals surface area contributed by atoms with Crippen LogP contribution in [0.15, 0.2) is 24.3 Å². The normalized spacial score (nSPS) is 15.6. The zero-order valence-electron chi connectivity index (χ0n) is 17.6. The van der Waals surface area contributed by atoms with Crippen molar-refractivity contribution < 1.29 is 9.69 Å². The Morgan fingerprint density at radius 2 is 1.71 bits per heavy atom. The van der Waals surface area contributed by atoms with E-state index in [-0.39, 0.29) is 17.7 Å². The first-order valence-corrected chi connectivity index (χ1v) is 10.7. The van der Waals surface area contributed by atoms with E-state index in [1.165, 1.54) is 0 Å². The van der Waals surface area contributed by atoms with Crippen LogP contribution in [0.2, 0.25) is 5.02 Å². The molecule has 152 valence electrons. The van der Waals surface area contributed by atoms with E-state index < -0.39 is 0 Å². The molecule has 0 bridgehead atoms. The van der Waals surface area contributed by atoms with E-state index in [1.807, 2.05) is 33.8 Å². The second kappa shape index (κ2) is 8.66. The van der Waals surface area contributed by atoms with Crippen molar-refractivity contribution in [3.05, 3.63) is 46.2 Å². The first-order valence-electron chi connectivity index (χ1n) is 10.3. The molecule has 1 fully saturated rings. The smallest absolute Gasteiger partial charge is 0.258 e. The van der Waals surface area contributed by atoms with Crippen LogP contribution in [0.3, 0.4) is 0 Å². The average Bonchev–Trinajstić information content (AvgIpc) is 3.09. The van der Waals surface area contributed by atoms with Gasteiger partial charge in [0.25, 0.3) is 5.91 Å². The Hall–Kier alpha value is -1.85. The molecule has 0 unspecified atom stereocenters. The van der Waals surface area contributed by atoms with Crippen molar-refractivity contribution in [2.45, 2.75) is 46.5 Å². The zero-order chi connectivity index (χ0) is 20.4. The molecule has 1 aromatic heterocycles. The number of nitrogens with one attached hydrogen (secondary N) is 1. The quantitative estimate of drug-likeness (QED) is 0.833. The summed E-state index contributed by atoms with van der Waals surface area (Å²) in [5.41, 5.74) is 3.60. The summed E-state index contributed by atoms with van der Waals surface area (Å²) >= 11 is 6.07. The molecule has 5 nitrogen and oxygen atoms in total. The van der Waals surface area contributed by atoms with Crippen LogP contribution in [0, 0.1) is 0 Å². The number of hydrogen-bond acceptors (Lipinski definition) is 2. The molecular weight excluding hydrogens is 372 g/mol. The van der Waals surface area contributed by atoms with Gasteiger partial charge in [-0.25, -0.2) is 4.68 Å². The van der Waals surface area contributed by atoms with Gasteiger partial charge in [-0.15, -0.1) is 0 Å². The molecule has 0 atom stereocenters. The molecule has 0 spiro atoms. The van der Waals surface area contributed by atoms with E-state index in [2.05, 4.69) is 34.6 Å². The highest BCUT2D eigenvalue weighted by molar-refractivity contribution is 6.30. The highest BCUT2D eigenvalue weighted by Gasteiger charge is 2.32. The van der Waals surface area contributed by atoms with E-state index in [0.29, 0.717) is 5.02 Å². The molecule has 2 heterocycles. The van der Waals surface area contributed by atoms with Crippen LogP contribution < -0.4 is 4.90 Å². The number of quaternary nitrogens is 1. The minimum Gasteiger partial charge on any atom is -0.332 e. The standard InChI is InChI=1S/C22H31ClN4O/c1-6-25-11-13-26(14-12-25)22(28)19-20(15(2)3)24-27(21(19)16(4)5)18-9-7-17(23)8-10-18/h7-10,15-16H,6,11-14H2,1-5H3/p+1. The lowest BCUT2D eigenvalue weighted by atomic mass is 9.97. The van der Waals surface area contributed by atoms with Gasteiger partial charge in [-0.3, -0.25) is 4.79 Å². The summed E-state index contributed by atoms with van der Waals surface area (Å²) in [6.07, 6.45) is 0. The molecule has 1 aliphatic heterocycles. The van der Waals surface area contributed by atoms with Gasteiger partial charge >= 0.3 is 0 Å². The highest BCUT2D eigenvalue weighted by Crippen LogP contribution is 2.31. The number of piperazine rings is 1. The van der Waals surface area contributed by atoms with Crippen LogP contribution in [0.5, 0.6) is 0 Å². The van der Waals surface area contributed by atoms with Gasteiger partial charge in [-0.1, -0.05) is 39.3 Å². The minimum absolute atomic E-state index is 0.128. The summed E-state index contributed by atoms with van der Waals surface area (Å²) in [4.78, 5) is 17.2. The Balaban J connectivity index is 2.06. The maximum absolute atomic E-state index is 13.6. The largest absolute Gasteiger partial charge is 0.332 e. The SMILES string of the molecule is CC[NH+]1CCN(C(=O)c2c(C(C)C)nn(-c3ccc(Cl)cc3)c2C(C)C)CC1. The molecule has 1 aliphatic rings. The van der Waals surface area contributed by atoms with Crippen LogP contribution in [0.1, 0.15) is 68.2 Å². The lowest BCUT2D eigenvalue weighted by Gasteiger charge is -2.32. The molecule has 0 radical (unpaired) electrons. The number of halogens is 1. The number of aromatic nitrogens is 2. The average molecular weight is 404 g/mol. The molecule has 1 amide bonds. The minimum atomic E-state index is 0.128. The Labute approximate surface area is 173 Å². The Morgan fingerprint density at radius 1 is 1.11 bits per heavy atom. The van der Waals surface area contributed by atoms with Crippen LogP contribution in [0.4, 0.5) is 0 Å². The van der Waals surface area contributed by atoms with Gasteiger partial charge in [0.05, 0.1) is 55.4 Å². The molecule has 6 heteroatoms. The number of carbonyl (C=O) groups excluding carboxylic acids is 1. The first-order chi connectivity index (χ1) is 13.3. The van der Waals surface area contributed by atoms with Gasteiger partial charge in [0.1, 0.15) is 0 Å². The second-order valence-electron chi connectivity index (χ2n) is 8.24. The van der Waals surface area contributed by atoms with Gasteiger partial charge < -0.3 is 9.80 Å². The number of likely N-dealkylation sites (N-methyl/N-ethyl adjacent to an activating group) is 1. The van der Waals surface area contributed by atoms with Gasteiger partial charge in [-0.2, -0.15) is 5.10 Å². The van der Waals surface area contributed by atoms with E-state index in [0.717, 1.165) is 55.4 Å². The molecule has 2 aromatic rings. The molecule has 1 N–H and O–H groups in total.